The lowest BCUT2D eigenvalue weighted by Crippen LogP contribution is -2.42. The van der Waals surface area contributed by atoms with Crippen molar-refractivity contribution in [2.24, 2.45) is 5.92 Å². The Morgan fingerprint density at radius 2 is 1.89 bits per heavy atom. The molecule has 2 aromatic carbocycles. The number of ether oxygens (including phenoxy) is 1. The van der Waals surface area contributed by atoms with Gasteiger partial charge in [0.1, 0.15) is 11.4 Å². The molecule has 0 radical (unpaired) electrons. The van der Waals surface area contributed by atoms with Gasteiger partial charge in [-0.3, -0.25) is 9.69 Å². The van der Waals surface area contributed by atoms with E-state index in [4.69, 9.17) is 9.72 Å². The predicted octanol–water partition coefficient (Wildman–Crippen LogP) is 5.21. The molecule has 0 saturated heterocycles. The first-order chi connectivity index (χ1) is 17.7. The minimum absolute atomic E-state index is 0.00480. The Bertz CT molecular complexity index is 1320. The number of fused-ring (bicyclic) bond motifs is 3. The van der Waals surface area contributed by atoms with E-state index in [9.17, 15) is 19.8 Å². The first-order valence-corrected chi connectivity index (χ1v) is 13.1. The molecule has 37 heavy (non-hydrogen) atoms. The fourth-order valence-electron chi connectivity index (χ4n) is 6.22. The lowest BCUT2D eigenvalue weighted by molar-refractivity contribution is -0.143. The Hall–Kier alpha value is -3.39. The van der Waals surface area contributed by atoms with Crippen molar-refractivity contribution in [3.05, 3.63) is 59.4 Å². The van der Waals surface area contributed by atoms with Crippen molar-refractivity contribution >= 4 is 28.8 Å². The largest absolute Gasteiger partial charge is 0.481 e. The second kappa shape index (κ2) is 9.82. The summed E-state index contributed by atoms with van der Waals surface area (Å²) in [5.41, 5.74) is 3.08. The number of aryl methyl sites for hydroxylation is 1. The number of carbonyl (C=O) groups excluding carboxylic acids is 1. The van der Waals surface area contributed by atoms with E-state index in [0.717, 1.165) is 53.5 Å². The van der Waals surface area contributed by atoms with Crippen LogP contribution in [0.4, 0.5) is 10.5 Å². The van der Waals surface area contributed by atoms with Gasteiger partial charge in [-0.05, 0) is 63.6 Å². The smallest absolute Gasteiger partial charge is 0.414 e. The van der Waals surface area contributed by atoms with Crippen molar-refractivity contribution in [3.8, 4) is 0 Å². The number of aromatic nitrogens is 2. The molecule has 196 valence electrons. The summed E-state index contributed by atoms with van der Waals surface area (Å²) in [5, 5.41) is 21.6. The monoisotopic (exact) mass is 505 g/mol. The maximum absolute atomic E-state index is 12.6. The second-order valence-corrected chi connectivity index (χ2v) is 10.8. The number of methoxy groups -OCH3 is 1. The zero-order valence-corrected chi connectivity index (χ0v) is 21.7. The highest BCUT2D eigenvalue weighted by molar-refractivity contribution is 5.95. The molecule has 2 aliphatic rings. The van der Waals surface area contributed by atoms with Crippen LogP contribution in [-0.4, -0.2) is 45.0 Å². The van der Waals surface area contributed by atoms with Crippen molar-refractivity contribution in [2.45, 2.75) is 76.5 Å². The number of rotatable bonds is 5. The summed E-state index contributed by atoms with van der Waals surface area (Å²) in [4.78, 5) is 31.3. The average Bonchev–Trinajstić information content (AvgIpc) is 3.29. The van der Waals surface area contributed by atoms with Crippen molar-refractivity contribution in [1.29, 1.82) is 0 Å². The van der Waals surface area contributed by atoms with Gasteiger partial charge in [0.15, 0.2) is 0 Å². The highest BCUT2D eigenvalue weighted by atomic mass is 16.5. The topological polar surface area (TPSA) is 105 Å². The van der Waals surface area contributed by atoms with Crippen LogP contribution in [0.15, 0.2) is 42.5 Å². The number of carbonyl (C=O) groups is 2. The highest BCUT2D eigenvalue weighted by Crippen LogP contribution is 2.42. The molecule has 8 nitrogen and oxygen atoms in total. The van der Waals surface area contributed by atoms with Crippen molar-refractivity contribution in [3.63, 3.8) is 0 Å². The van der Waals surface area contributed by atoms with Gasteiger partial charge in [-0.25, -0.2) is 9.78 Å². The van der Waals surface area contributed by atoms with Gasteiger partial charge in [-0.2, -0.15) is 0 Å². The molecule has 2 heterocycles. The average molecular weight is 506 g/mol. The molecular formula is C29H35N3O5. The number of amides is 1. The lowest BCUT2D eigenvalue weighted by atomic mass is 9.85. The quantitative estimate of drug-likeness (QED) is 0.493. The number of benzene rings is 2. The standard InChI is InChI=1S/C29H35N3O5/c1-18-12-13-22-23(31(18)28(35)37-3)14-15-24-25(22)30-27(29(2,36)17-19-8-5-4-6-9-19)32(24)21-11-7-10-20(16-21)26(33)34/h4-6,8-9,14-15,18,20-21,36H,7,10-13,16-17H2,1-3H3,(H,33,34)/t18-,20+,21+,29+/m0/s1. The predicted molar refractivity (Wildman–Crippen MR) is 141 cm³/mol. The second-order valence-electron chi connectivity index (χ2n) is 10.8. The third kappa shape index (κ3) is 4.59. The Morgan fingerprint density at radius 1 is 1.14 bits per heavy atom. The molecule has 3 aromatic rings. The number of nitrogens with zero attached hydrogens (tertiary/aromatic N) is 3. The summed E-state index contributed by atoms with van der Waals surface area (Å²) in [6.45, 7) is 3.79. The molecule has 0 spiro atoms. The lowest BCUT2D eigenvalue weighted by Gasteiger charge is -2.34. The minimum atomic E-state index is -1.28. The molecule has 5 rings (SSSR count). The fourth-order valence-corrected chi connectivity index (χ4v) is 6.22. The molecule has 0 bridgehead atoms. The Balaban J connectivity index is 1.68. The van der Waals surface area contributed by atoms with E-state index in [-0.39, 0.29) is 12.1 Å². The summed E-state index contributed by atoms with van der Waals surface area (Å²) >= 11 is 0. The number of imidazole rings is 1. The first-order valence-electron chi connectivity index (χ1n) is 13.1. The maximum Gasteiger partial charge on any atom is 0.414 e. The van der Waals surface area contributed by atoms with Crippen LogP contribution in [0.3, 0.4) is 0 Å². The number of carboxylic acids is 1. The number of hydrogen-bond donors (Lipinski definition) is 2. The number of hydrogen-bond acceptors (Lipinski definition) is 5. The molecule has 1 amide bonds. The van der Waals surface area contributed by atoms with Gasteiger partial charge in [0.25, 0.3) is 0 Å². The van der Waals surface area contributed by atoms with Crippen molar-refractivity contribution in [1.82, 2.24) is 9.55 Å². The SMILES string of the molecule is COC(=O)N1c2ccc3c(nc([C@](C)(O)Cc4ccccc4)n3[C@@H]3CCC[C@@H](C(=O)O)C3)c2CC[C@@H]1C. The zero-order chi connectivity index (χ0) is 26.3. The molecule has 8 heteroatoms. The van der Waals surface area contributed by atoms with E-state index >= 15 is 0 Å². The van der Waals surface area contributed by atoms with Crippen LogP contribution < -0.4 is 4.90 Å². The van der Waals surface area contributed by atoms with Gasteiger partial charge >= 0.3 is 12.1 Å². The highest BCUT2D eigenvalue weighted by Gasteiger charge is 2.38. The molecule has 2 N–H and O–H groups in total. The molecule has 0 unspecified atom stereocenters. The first kappa shape index (κ1) is 25.3. The van der Waals surface area contributed by atoms with E-state index in [2.05, 4.69) is 4.57 Å². The van der Waals surface area contributed by atoms with Gasteiger partial charge in [-0.15, -0.1) is 0 Å². The van der Waals surface area contributed by atoms with E-state index in [1.165, 1.54) is 7.11 Å². The van der Waals surface area contributed by atoms with E-state index in [1.807, 2.05) is 49.4 Å². The van der Waals surface area contributed by atoms with Gasteiger partial charge < -0.3 is 19.5 Å². The molecule has 1 aliphatic heterocycles. The van der Waals surface area contributed by atoms with Crippen molar-refractivity contribution < 1.29 is 24.5 Å². The van der Waals surface area contributed by atoms with Crippen LogP contribution in [0.1, 0.15) is 68.9 Å². The van der Waals surface area contributed by atoms with Gasteiger partial charge in [0.05, 0.1) is 29.7 Å². The summed E-state index contributed by atoms with van der Waals surface area (Å²) in [7, 11) is 1.39. The molecule has 4 atom stereocenters. The number of aliphatic hydroxyl groups is 1. The molecule has 1 aliphatic carbocycles. The van der Waals surface area contributed by atoms with Crippen LogP contribution in [0, 0.1) is 5.92 Å². The van der Waals surface area contributed by atoms with Crippen molar-refractivity contribution in [2.75, 3.05) is 12.0 Å². The Labute approximate surface area is 216 Å². The zero-order valence-electron chi connectivity index (χ0n) is 21.7. The summed E-state index contributed by atoms with van der Waals surface area (Å²) in [6, 6.07) is 13.6. The molecule has 1 saturated carbocycles. The van der Waals surface area contributed by atoms with Crippen LogP contribution in [-0.2, 0) is 28.0 Å². The summed E-state index contributed by atoms with van der Waals surface area (Å²) in [6.07, 6.45) is 4.29. The fraction of sp³-hybridized carbons (Fsp3) is 0.483. The third-order valence-electron chi connectivity index (χ3n) is 8.06. The normalized spacial score (nSPS) is 23.4. The number of anilines is 1. The molecule has 1 fully saturated rings. The molecule has 1 aromatic heterocycles. The molecular weight excluding hydrogens is 470 g/mol. The summed E-state index contributed by atoms with van der Waals surface area (Å²) < 4.78 is 7.17. The van der Waals surface area contributed by atoms with Crippen LogP contribution in [0.25, 0.3) is 11.0 Å². The number of aliphatic carboxylic acids is 1. The Kier molecular flexibility index (Phi) is 6.70. The maximum atomic E-state index is 12.6. The van der Waals surface area contributed by atoms with Crippen LogP contribution in [0.2, 0.25) is 0 Å². The van der Waals surface area contributed by atoms with E-state index in [0.29, 0.717) is 25.1 Å². The van der Waals surface area contributed by atoms with Gasteiger partial charge in [0, 0.05) is 24.1 Å². The minimum Gasteiger partial charge on any atom is -0.481 e. The van der Waals surface area contributed by atoms with Crippen LogP contribution in [0.5, 0.6) is 0 Å². The number of carboxylic acid groups (broad SMARTS) is 1. The van der Waals surface area contributed by atoms with E-state index < -0.39 is 23.6 Å². The van der Waals surface area contributed by atoms with E-state index in [1.54, 1.807) is 11.8 Å². The van der Waals surface area contributed by atoms with Crippen LogP contribution >= 0.6 is 0 Å². The van der Waals surface area contributed by atoms with Gasteiger partial charge in [-0.1, -0.05) is 36.8 Å². The van der Waals surface area contributed by atoms with Gasteiger partial charge in [0.2, 0.25) is 0 Å². The third-order valence-corrected chi connectivity index (χ3v) is 8.06. The summed E-state index contributed by atoms with van der Waals surface area (Å²) in [5.74, 6) is -0.651. The Morgan fingerprint density at radius 3 is 2.59 bits per heavy atom.